The van der Waals surface area contributed by atoms with Gasteiger partial charge in [-0.15, -0.1) is 0 Å². The van der Waals surface area contributed by atoms with Gasteiger partial charge in [0, 0.05) is 0 Å². The summed E-state index contributed by atoms with van der Waals surface area (Å²) < 4.78 is 0. The fourth-order valence-corrected chi connectivity index (χ4v) is 3.14. The number of hydrogen-bond acceptors (Lipinski definition) is 1. The third kappa shape index (κ3) is 6.46. The molecule has 0 aromatic heterocycles. The maximum atomic E-state index is 9.52. The molecule has 0 N–H and O–H groups in total. The number of rotatable bonds is 4. The van der Waals surface area contributed by atoms with Crippen LogP contribution in [0, 0.1) is 18.3 Å². The van der Waals surface area contributed by atoms with Gasteiger partial charge in [-0.05, 0) is 84.2 Å². The normalized spacial score (nSPS) is 11.7. The van der Waals surface area contributed by atoms with E-state index in [1.165, 1.54) is 35.1 Å². The Morgan fingerprint density at radius 2 is 1.50 bits per heavy atom. The van der Waals surface area contributed by atoms with Crippen molar-refractivity contribution in [1.82, 2.24) is 0 Å². The predicted molar refractivity (Wildman–Crippen MR) is 134 cm³/mol. The maximum Gasteiger partial charge on any atom is 0.0992 e. The van der Waals surface area contributed by atoms with Gasteiger partial charge in [0.15, 0.2) is 0 Å². The van der Waals surface area contributed by atoms with E-state index in [9.17, 15) is 5.26 Å². The summed E-state index contributed by atoms with van der Waals surface area (Å²) in [6, 6.07) is 15.0. The van der Waals surface area contributed by atoms with Crippen LogP contribution in [0.3, 0.4) is 0 Å². The molecule has 0 aliphatic heterocycles. The second kappa shape index (κ2) is 11.0. The Hall–Kier alpha value is -2.59. The lowest BCUT2D eigenvalue weighted by molar-refractivity contribution is 0.590. The van der Waals surface area contributed by atoms with Crippen molar-refractivity contribution >= 4 is 5.57 Å². The molecule has 0 bridgehead atoms. The maximum absolute atomic E-state index is 9.52. The van der Waals surface area contributed by atoms with Crippen LogP contribution in [0.2, 0.25) is 0 Å². The van der Waals surface area contributed by atoms with Gasteiger partial charge in [-0.3, -0.25) is 0 Å². The number of unbranched alkanes of at least 4 members (excludes halogenated alkanes) is 1. The molecule has 30 heavy (non-hydrogen) atoms. The van der Waals surface area contributed by atoms with Crippen LogP contribution in [0.5, 0.6) is 0 Å². The zero-order valence-electron chi connectivity index (χ0n) is 20.5. The number of nitriles is 1. The molecule has 0 radical (unpaired) electrons. The summed E-state index contributed by atoms with van der Waals surface area (Å²) in [5, 5.41) is 9.52. The van der Waals surface area contributed by atoms with Crippen molar-refractivity contribution in [3.05, 3.63) is 76.4 Å². The summed E-state index contributed by atoms with van der Waals surface area (Å²) in [7, 11) is 0. The smallest absolute Gasteiger partial charge is 0.0992 e. The van der Waals surface area contributed by atoms with Crippen LogP contribution in [-0.2, 0) is 5.41 Å². The SMILES string of the molecule is C=C(C)/C(C)=C(\C)c1cc(C#N)cc(-c2ccc(C(C)(C)C)cc2)c1C.CCCC. The number of benzene rings is 2. The van der Waals surface area contributed by atoms with Crippen LogP contribution in [0.4, 0.5) is 0 Å². The van der Waals surface area contributed by atoms with Gasteiger partial charge in [-0.1, -0.05) is 83.9 Å². The summed E-state index contributed by atoms with van der Waals surface area (Å²) in [5.41, 5.74) is 10.1. The Morgan fingerprint density at radius 3 is 1.90 bits per heavy atom. The summed E-state index contributed by atoms with van der Waals surface area (Å²) in [6.45, 7) is 23.4. The van der Waals surface area contributed by atoms with E-state index in [2.05, 4.69) is 92.3 Å². The molecular weight excluding hydrogens is 362 g/mol. The van der Waals surface area contributed by atoms with Gasteiger partial charge >= 0.3 is 0 Å². The fourth-order valence-electron chi connectivity index (χ4n) is 3.14. The van der Waals surface area contributed by atoms with Crippen LogP contribution in [0.25, 0.3) is 16.7 Å². The molecule has 0 heterocycles. The van der Waals surface area contributed by atoms with Crippen molar-refractivity contribution in [2.24, 2.45) is 0 Å². The highest BCUT2D eigenvalue weighted by molar-refractivity contribution is 5.80. The van der Waals surface area contributed by atoms with Crippen molar-refractivity contribution in [2.45, 2.75) is 80.6 Å². The second-order valence-corrected chi connectivity index (χ2v) is 9.17. The fraction of sp³-hybridized carbons (Fsp3) is 0.414. The molecule has 1 heteroatoms. The first kappa shape index (κ1) is 25.4. The van der Waals surface area contributed by atoms with E-state index in [0.29, 0.717) is 5.56 Å². The van der Waals surface area contributed by atoms with Crippen molar-refractivity contribution in [3.8, 4) is 17.2 Å². The highest BCUT2D eigenvalue weighted by atomic mass is 14.3. The van der Waals surface area contributed by atoms with Crippen LogP contribution < -0.4 is 0 Å². The molecule has 2 aromatic rings. The molecule has 0 aliphatic carbocycles. The number of hydrogen-bond donors (Lipinski definition) is 0. The molecule has 160 valence electrons. The Balaban J connectivity index is 0.00000103. The largest absolute Gasteiger partial charge is 0.192 e. The van der Waals surface area contributed by atoms with Gasteiger partial charge in [0.2, 0.25) is 0 Å². The highest BCUT2D eigenvalue weighted by Gasteiger charge is 2.15. The predicted octanol–water partition coefficient (Wildman–Crippen LogP) is 9.01. The lowest BCUT2D eigenvalue weighted by Crippen LogP contribution is -2.10. The molecule has 0 spiro atoms. The van der Waals surface area contributed by atoms with Crippen molar-refractivity contribution in [3.63, 3.8) is 0 Å². The molecular formula is C29H39N. The molecule has 2 rings (SSSR count). The van der Waals surface area contributed by atoms with Gasteiger partial charge < -0.3 is 0 Å². The molecule has 0 atom stereocenters. The minimum absolute atomic E-state index is 0.130. The molecule has 0 aliphatic rings. The molecule has 1 nitrogen and oxygen atoms in total. The molecule has 2 aromatic carbocycles. The summed E-state index contributed by atoms with van der Waals surface area (Å²) in [4.78, 5) is 0. The number of allylic oxidation sites excluding steroid dienone is 3. The first-order chi connectivity index (χ1) is 14.0. The van der Waals surface area contributed by atoms with Crippen LogP contribution in [-0.4, -0.2) is 0 Å². The van der Waals surface area contributed by atoms with Gasteiger partial charge in [0.05, 0.1) is 11.6 Å². The lowest BCUT2D eigenvalue weighted by Gasteiger charge is -2.20. The van der Waals surface area contributed by atoms with E-state index < -0.39 is 0 Å². The van der Waals surface area contributed by atoms with E-state index >= 15 is 0 Å². The molecule has 0 saturated carbocycles. The average molecular weight is 402 g/mol. The second-order valence-electron chi connectivity index (χ2n) is 9.17. The van der Waals surface area contributed by atoms with E-state index in [-0.39, 0.29) is 5.41 Å². The zero-order chi connectivity index (χ0) is 23.1. The van der Waals surface area contributed by atoms with Gasteiger partial charge in [0.1, 0.15) is 0 Å². The Kier molecular flexibility index (Phi) is 9.31. The zero-order valence-corrected chi connectivity index (χ0v) is 20.5. The van der Waals surface area contributed by atoms with Crippen molar-refractivity contribution in [1.29, 1.82) is 5.26 Å². The summed E-state index contributed by atoms with van der Waals surface area (Å²) >= 11 is 0. The van der Waals surface area contributed by atoms with Gasteiger partial charge in [0.25, 0.3) is 0 Å². The quantitative estimate of drug-likeness (QED) is 0.469. The molecule has 0 unspecified atom stereocenters. The van der Waals surface area contributed by atoms with Crippen molar-refractivity contribution < 1.29 is 0 Å². The highest BCUT2D eigenvalue weighted by Crippen LogP contribution is 2.34. The van der Waals surface area contributed by atoms with Crippen LogP contribution in [0.1, 0.15) is 90.5 Å². The topological polar surface area (TPSA) is 23.8 Å². The lowest BCUT2D eigenvalue weighted by atomic mass is 9.85. The van der Waals surface area contributed by atoms with Gasteiger partial charge in [-0.25, -0.2) is 0 Å². The van der Waals surface area contributed by atoms with E-state index in [4.69, 9.17) is 0 Å². The van der Waals surface area contributed by atoms with Crippen LogP contribution >= 0.6 is 0 Å². The number of nitrogens with zero attached hydrogens (tertiary/aromatic N) is 1. The Morgan fingerprint density at radius 1 is 0.967 bits per heavy atom. The van der Waals surface area contributed by atoms with E-state index in [1.54, 1.807) is 0 Å². The Bertz CT molecular complexity index is 940. The Labute approximate surface area is 185 Å². The molecule has 0 fully saturated rings. The molecule has 0 saturated heterocycles. The summed E-state index contributed by atoms with van der Waals surface area (Å²) in [6.07, 6.45) is 2.64. The van der Waals surface area contributed by atoms with E-state index in [0.717, 1.165) is 22.3 Å². The van der Waals surface area contributed by atoms with Crippen molar-refractivity contribution in [2.75, 3.05) is 0 Å². The van der Waals surface area contributed by atoms with E-state index in [1.807, 2.05) is 19.1 Å². The molecule has 0 amide bonds. The minimum Gasteiger partial charge on any atom is -0.192 e. The first-order valence-electron chi connectivity index (χ1n) is 11.0. The van der Waals surface area contributed by atoms with Crippen LogP contribution in [0.15, 0.2) is 54.1 Å². The monoisotopic (exact) mass is 401 g/mol. The third-order valence-corrected chi connectivity index (χ3v) is 5.71. The standard InChI is InChI=1S/C25H29N.C4H10/c1-16(2)17(3)18(4)23-13-20(15-26)14-24(19(23)5)21-9-11-22(12-10-21)25(6,7)8;1-3-4-2/h9-14H,1H2,2-8H3;3-4H2,1-2H3/b18-17+;. The first-order valence-corrected chi connectivity index (χ1v) is 11.0. The average Bonchev–Trinajstić information content (AvgIpc) is 2.72. The van der Waals surface area contributed by atoms with Gasteiger partial charge in [-0.2, -0.15) is 5.26 Å². The summed E-state index contributed by atoms with van der Waals surface area (Å²) in [5.74, 6) is 0. The minimum atomic E-state index is 0.130. The third-order valence-electron chi connectivity index (χ3n) is 5.71.